The second-order valence-electron chi connectivity index (χ2n) is 3.16. The van der Waals surface area contributed by atoms with Gasteiger partial charge < -0.3 is 19.9 Å². The summed E-state index contributed by atoms with van der Waals surface area (Å²) >= 11 is 0. The van der Waals surface area contributed by atoms with Crippen molar-refractivity contribution < 1.29 is 19.0 Å². The maximum Gasteiger partial charge on any atom is 0.332 e. The first kappa shape index (κ1) is 13.6. The molecule has 0 saturated heterocycles. The first-order valence-electron chi connectivity index (χ1n) is 5.01. The van der Waals surface area contributed by atoms with Crippen molar-refractivity contribution in [3.05, 3.63) is 17.7 Å². The molecule has 3 N–H and O–H groups in total. The van der Waals surface area contributed by atoms with Gasteiger partial charge in [0.25, 0.3) is 0 Å². The Labute approximate surface area is 105 Å². The molecule has 0 aliphatic heterocycles. The van der Waals surface area contributed by atoms with Crippen molar-refractivity contribution in [1.29, 1.82) is 0 Å². The molecule has 0 heterocycles. The largest absolute Gasteiger partial charge is 0.493 e. The number of primary amides is 1. The third kappa shape index (κ3) is 3.03. The van der Waals surface area contributed by atoms with Crippen LogP contribution in [0, 0.1) is 0 Å². The van der Waals surface area contributed by atoms with Crippen LogP contribution in [0.3, 0.4) is 0 Å². The highest BCUT2D eigenvalue weighted by atomic mass is 16.5. The normalized spacial score (nSPS) is 10.2. The number of carbonyl (C=O) groups excluding carboxylic acids is 1. The zero-order valence-electron chi connectivity index (χ0n) is 10.4. The SMILES string of the molecule is COc1ccc(/C=N/NC(N)=O)c(OC)c1OC. The number of benzene rings is 1. The van der Waals surface area contributed by atoms with Crippen molar-refractivity contribution >= 4 is 12.2 Å². The van der Waals surface area contributed by atoms with E-state index in [1.165, 1.54) is 27.5 Å². The van der Waals surface area contributed by atoms with Gasteiger partial charge in [-0.2, -0.15) is 5.10 Å². The highest BCUT2D eigenvalue weighted by molar-refractivity contribution is 5.87. The van der Waals surface area contributed by atoms with Crippen LogP contribution in [-0.4, -0.2) is 33.6 Å². The van der Waals surface area contributed by atoms with Gasteiger partial charge in [0.05, 0.1) is 27.5 Å². The fourth-order valence-electron chi connectivity index (χ4n) is 1.39. The van der Waals surface area contributed by atoms with Crippen LogP contribution in [0.4, 0.5) is 4.79 Å². The number of ether oxygens (including phenoxy) is 3. The standard InChI is InChI=1S/C11H15N3O4/c1-16-8-5-4-7(6-13-14-11(12)15)9(17-2)10(8)18-3/h4-6H,1-3H3,(H3,12,14,15)/b13-6+. The van der Waals surface area contributed by atoms with E-state index in [9.17, 15) is 4.79 Å². The lowest BCUT2D eigenvalue weighted by Gasteiger charge is -2.13. The number of nitrogens with two attached hydrogens (primary N) is 1. The van der Waals surface area contributed by atoms with Crippen molar-refractivity contribution in [2.24, 2.45) is 10.8 Å². The molecule has 0 aromatic heterocycles. The summed E-state index contributed by atoms with van der Waals surface area (Å²) in [6.45, 7) is 0. The number of hydrogen-bond acceptors (Lipinski definition) is 5. The molecular formula is C11H15N3O4. The Morgan fingerprint density at radius 2 is 1.89 bits per heavy atom. The topological polar surface area (TPSA) is 95.2 Å². The molecular weight excluding hydrogens is 238 g/mol. The summed E-state index contributed by atoms with van der Waals surface area (Å²) in [5.41, 5.74) is 7.60. The molecule has 0 aliphatic rings. The van der Waals surface area contributed by atoms with Crippen LogP contribution in [0.1, 0.15) is 5.56 Å². The van der Waals surface area contributed by atoms with Gasteiger partial charge in [0, 0.05) is 5.56 Å². The molecule has 0 unspecified atom stereocenters. The van der Waals surface area contributed by atoms with E-state index in [4.69, 9.17) is 19.9 Å². The van der Waals surface area contributed by atoms with Gasteiger partial charge in [0.1, 0.15) is 0 Å². The van der Waals surface area contributed by atoms with Crippen LogP contribution in [0.15, 0.2) is 17.2 Å². The Bertz CT molecular complexity index is 460. The molecule has 0 saturated carbocycles. The highest BCUT2D eigenvalue weighted by Gasteiger charge is 2.14. The highest BCUT2D eigenvalue weighted by Crippen LogP contribution is 2.38. The number of hydrogen-bond donors (Lipinski definition) is 2. The molecule has 98 valence electrons. The van der Waals surface area contributed by atoms with Crippen molar-refractivity contribution in [1.82, 2.24) is 5.43 Å². The number of rotatable bonds is 5. The Balaban J connectivity index is 3.12. The number of hydrazone groups is 1. The number of amides is 2. The zero-order chi connectivity index (χ0) is 13.5. The van der Waals surface area contributed by atoms with E-state index in [-0.39, 0.29) is 0 Å². The molecule has 0 fully saturated rings. The zero-order valence-corrected chi connectivity index (χ0v) is 10.4. The fourth-order valence-corrected chi connectivity index (χ4v) is 1.39. The van der Waals surface area contributed by atoms with Crippen molar-refractivity contribution in [2.45, 2.75) is 0 Å². The van der Waals surface area contributed by atoms with Crippen LogP contribution in [0.5, 0.6) is 17.2 Å². The molecule has 7 heteroatoms. The third-order valence-corrected chi connectivity index (χ3v) is 2.11. The van der Waals surface area contributed by atoms with E-state index < -0.39 is 6.03 Å². The number of methoxy groups -OCH3 is 3. The van der Waals surface area contributed by atoms with Gasteiger partial charge in [0.2, 0.25) is 5.75 Å². The smallest absolute Gasteiger partial charge is 0.332 e. The molecule has 2 amide bonds. The van der Waals surface area contributed by atoms with Crippen LogP contribution < -0.4 is 25.4 Å². The van der Waals surface area contributed by atoms with Gasteiger partial charge in [0.15, 0.2) is 11.5 Å². The minimum atomic E-state index is -0.745. The first-order valence-corrected chi connectivity index (χ1v) is 5.01. The summed E-state index contributed by atoms with van der Waals surface area (Å²) in [7, 11) is 4.53. The van der Waals surface area contributed by atoms with Crippen molar-refractivity contribution in [3.63, 3.8) is 0 Å². The molecule has 18 heavy (non-hydrogen) atoms. The molecule has 1 aromatic rings. The Morgan fingerprint density at radius 3 is 2.39 bits per heavy atom. The maximum atomic E-state index is 10.5. The second kappa shape index (κ2) is 6.33. The number of urea groups is 1. The third-order valence-electron chi connectivity index (χ3n) is 2.11. The van der Waals surface area contributed by atoms with Gasteiger partial charge in [-0.15, -0.1) is 0 Å². The summed E-state index contributed by atoms with van der Waals surface area (Å²) in [4.78, 5) is 10.5. The van der Waals surface area contributed by atoms with Gasteiger partial charge in [-0.25, -0.2) is 10.2 Å². The van der Waals surface area contributed by atoms with E-state index in [0.29, 0.717) is 22.8 Å². The number of carbonyl (C=O) groups is 1. The Morgan fingerprint density at radius 1 is 1.22 bits per heavy atom. The molecule has 0 aliphatic carbocycles. The van der Waals surface area contributed by atoms with Crippen molar-refractivity contribution in [2.75, 3.05) is 21.3 Å². The average Bonchev–Trinajstić information content (AvgIpc) is 2.37. The summed E-state index contributed by atoms with van der Waals surface area (Å²) < 4.78 is 15.6. The van der Waals surface area contributed by atoms with Gasteiger partial charge in [-0.3, -0.25) is 0 Å². The van der Waals surface area contributed by atoms with Crippen LogP contribution in [-0.2, 0) is 0 Å². The van der Waals surface area contributed by atoms with E-state index in [0.717, 1.165) is 0 Å². The van der Waals surface area contributed by atoms with Gasteiger partial charge >= 0.3 is 6.03 Å². The minimum absolute atomic E-state index is 0.447. The average molecular weight is 253 g/mol. The summed E-state index contributed by atoms with van der Waals surface area (Å²) in [6, 6.07) is 2.67. The number of nitrogens with one attached hydrogen (secondary N) is 1. The summed E-state index contributed by atoms with van der Waals surface area (Å²) in [5, 5.41) is 3.65. The molecule has 7 nitrogen and oxygen atoms in total. The molecule has 0 spiro atoms. The molecule has 1 aromatic carbocycles. The molecule has 0 radical (unpaired) electrons. The fraction of sp³-hybridized carbons (Fsp3) is 0.273. The minimum Gasteiger partial charge on any atom is -0.493 e. The summed E-state index contributed by atoms with van der Waals surface area (Å²) in [5.74, 6) is 1.43. The van der Waals surface area contributed by atoms with E-state index in [1.54, 1.807) is 12.1 Å². The van der Waals surface area contributed by atoms with E-state index in [2.05, 4.69) is 10.5 Å². The maximum absolute atomic E-state index is 10.5. The van der Waals surface area contributed by atoms with E-state index >= 15 is 0 Å². The molecule has 0 bridgehead atoms. The molecule has 1 rings (SSSR count). The first-order chi connectivity index (χ1) is 8.63. The Kier molecular flexibility index (Phi) is 4.79. The predicted octanol–water partition coefficient (Wildman–Crippen LogP) is 0.715. The lowest BCUT2D eigenvalue weighted by atomic mass is 10.2. The van der Waals surface area contributed by atoms with Crippen LogP contribution in [0.2, 0.25) is 0 Å². The monoisotopic (exact) mass is 253 g/mol. The Hall–Kier alpha value is -2.44. The van der Waals surface area contributed by atoms with Crippen LogP contribution >= 0.6 is 0 Å². The summed E-state index contributed by atoms with van der Waals surface area (Å²) in [6.07, 6.45) is 1.39. The van der Waals surface area contributed by atoms with Gasteiger partial charge in [-0.1, -0.05) is 0 Å². The van der Waals surface area contributed by atoms with Crippen molar-refractivity contribution in [3.8, 4) is 17.2 Å². The molecule has 0 atom stereocenters. The predicted molar refractivity (Wildman–Crippen MR) is 66.4 cm³/mol. The lowest BCUT2D eigenvalue weighted by molar-refractivity contribution is 0.249. The van der Waals surface area contributed by atoms with Crippen LogP contribution in [0.25, 0.3) is 0 Å². The number of nitrogens with zero attached hydrogens (tertiary/aromatic N) is 1. The lowest BCUT2D eigenvalue weighted by Crippen LogP contribution is -2.24. The van der Waals surface area contributed by atoms with E-state index in [1.807, 2.05) is 0 Å². The quantitative estimate of drug-likeness (QED) is 0.597. The van der Waals surface area contributed by atoms with Gasteiger partial charge in [-0.05, 0) is 12.1 Å². The second-order valence-corrected chi connectivity index (χ2v) is 3.16.